The van der Waals surface area contributed by atoms with Gasteiger partial charge in [-0.05, 0) is 19.1 Å². The number of aromatic nitrogens is 3. The number of alkyl halides is 3. The summed E-state index contributed by atoms with van der Waals surface area (Å²) in [6.45, 7) is 0.505. The molecule has 25 heavy (non-hydrogen) atoms. The molecule has 0 saturated carbocycles. The van der Waals surface area contributed by atoms with Crippen LogP contribution in [0.5, 0.6) is 5.88 Å². The Labute approximate surface area is 140 Å². The maximum Gasteiger partial charge on any atom is 0.422 e. The highest BCUT2D eigenvalue weighted by molar-refractivity contribution is 5.75. The number of likely N-dealkylation sites (N-methyl/N-ethyl adjacent to an activating group) is 1. The molecular formula is C15H15F3N4O3. The third kappa shape index (κ3) is 5.59. The Hall–Kier alpha value is -2.91. The zero-order chi connectivity index (χ0) is 18.4. The Morgan fingerprint density at radius 2 is 2.04 bits per heavy atom. The van der Waals surface area contributed by atoms with E-state index in [1.807, 2.05) is 0 Å². The number of nitrogens with zero attached hydrogens (tertiary/aromatic N) is 3. The van der Waals surface area contributed by atoms with Crippen LogP contribution in [0.3, 0.4) is 0 Å². The third-order valence-electron chi connectivity index (χ3n) is 2.95. The zero-order valence-electron chi connectivity index (χ0n) is 13.2. The molecular weight excluding hydrogens is 341 g/mol. The fourth-order valence-electron chi connectivity index (χ4n) is 1.88. The highest BCUT2D eigenvalue weighted by Gasteiger charge is 2.28. The molecule has 1 amide bonds. The maximum atomic E-state index is 12.1. The third-order valence-corrected chi connectivity index (χ3v) is 2.95. The monoisotopic (exact) mass is 356 g/mol. The average molecular weight is 356 g/mol. The quantitative estimate of drug-likeness (QED) is 0.845. The lowest BCUT2D eigenvalue weighted by molar-refractivity contribution is -0.154. The van der Waals surface area contributed by atoms with E-state index in [0.717, 1.165) is 4.68 Å². The fourth-order valence-corrected chi connectivity index (χ4v) is 1.88. The number of hydrogen-bond acceptors (Lipinski definition) is 5. The molecule has 2 aromatic heterocycles. The lowest BCUT2D eigenvalue weighted by Crippen LogP contribution is -2.33. The van der Waals surface area contributed by atoms with Crippen molar-refractivity contribution in [3.8, 4) is 17.1 Å². The van der Waals surface area contributed by atoms with E-state index in [0.29, 0.717) is 17.8 Å². The predicted molar refractivity (Wildman–Crippen MR) is 82.0 cm³/mol. The Bertz CT molecular complexity index is 788. The normalized spacial score (nSPS) is 11.2. The van der Waals surface area contributed by atoms with Gasteiger partial charge in [0, 0.05) is 30.4 Å². The van der Waals surface area contributed by atoms with E-state index in [1.165, 1.54) is 30.5 Å². The van der Waals surface area contributed by atoms with Gasteiger partial charge in [0.2, 0.25) is 11.8 Å². The van der Waals surface area contributed by atoms with E-state index in [9.17, 15) is 22.8 Å². The van der Waals surface area contributed by atoms with Gasteiger partial charge in [-0.15, -0.1) is 0 Å². The van der Waals surface area contributed by atoms with Crippen LogP contribution in [-0.4, -0.2) is 40.0 Å². The van der Waals surface area contributed by atoms with Crippen LogP contribution in [0.4, 0.5) is 13.2 Å². The van der Waals surface area contributed by atoms with E-state index in [4.69, 9.17) is 0 Å². The molecule has 0 saturated heterocycles. The Balaban J connectivity index is 2.15. The predicted octanol–water partition coefficient (Wildman–Crippen LogP) is 1.38. The van der Waals surface area contributed by atoms with Gasteiger partial charge in [-0.3, -0.25) is 9.59 Å². The van der Waals surface area contributed by atoms with Crippen LogP contribution in [-0.2, 0) is 11.3 Å². The van der Waals surface area contributed by atoms with Crippen molar-refractivity contribution in [3.05, 3.63) is 40.8 Å². The molecule has 0 aromatic carbocycles. The van der Waals surface area contributed by atoms with Crippen LogP contribution in [0.1, 0.15) is 6.92 Å². The zero-order valence-corrected chi connectivity index (χ0v) is 13.2. The number of rotatable bonds is 6. The lowest BCUT2D eigenvalue weighted by atomic mass is 10.2. The number of nitrogens with one attached hydrogen (secondary N) is 1. The second-order valence-electron chi connectivity index (χ2n) is 4.96. The standard InChI is InChI=1S/C15H15F3N4O3/c1-2-19-12(23)8-22-14(24)6-4-11(21-22)10-3-5-13(20-7-10)25-9-15(16,17)18/h3-7H,2,8-9H2,1H3,(H,19,23). The van der Waals surface area contributed by atoms with Crippen molar-refractivity contribution in [2.24, 2.45) is 0 Å². The number of ether oxygens (including phenoxy) is 1. The van der Waals surface area contributed by atoms with E-state index in [-0.39, 0.29) is 18.3 Å². The molecule has 2 rings (SSSR count). The summed E-state index contributed by atoms with van der Waals surface area (Å²) in [6.07, 6.45) is -3.18. The molecule has 0 unspecified atom stereocenters. The number of pyridine rings is 1. The van der Waals surface area contributed by atoms with Gasteiger partial charge in [0.1, 0.15) is 6.54 Å². The summed E-state index contributed by atoms with van der Waals surface area (Å²) in [5.74, 6) is -0.542. The highest BCUT2D eigenvalue weighted by atomic mass is 19.4. The van der Waals surface area contributed by atoms with Crippen LogP contribution < -0.4 is 15.6 Å². The first-order valence-corrected chi connectivity index (χ1v) is 7.29. The van der Waals surface area contributed by atoms with E-state index in [2.05, 4.69) is 20.1 Å². The SMILES string of the molecule is CCNC(=O)Cn1nc(-c2ccc(OCC(F)(F)F)nc2)ccc1=O. The first-order valence-electron chi connectivity index (χ1n) is 7.29. The molecule has 2 aromatic rings. The molecule has 7 nitrogen and oxygen atoms in total. The van der Waals surface area contributed by atoms with Gasteiger partial charge in [-0.2, -0.15) is 18.3 Å². The second-order valence-corrected chi connectivity index (χ2v) is 4.96. The van der Waals surface area contributed by atoms with Crippen LogP contribution >= 0.6 is 0 Å². The Morgan fingerprint density at radius 1 is 1.28 bits per heavy atom. The molecule has 0 bridgehead atoms. The summed E-state index contributed by atoms with van der Waals surface area (Å²) in [7, 11) is 0. The van der Waals surface area contributed by atoms with Gasteiger partial charge in [0.15, 0.2) is 6.61 Å². The Kier molecular flexibility index (Phi) is 5.73. The van der Waals surface area contributed by atoms with Crippen molar-refractivity contribution in [1.82, 2.24) is 20.1 Å². The number of carbonyl (C=O) groups excluding carboxylic acids is 1. The summed E-state index contributed by atoms with van der Waals surface area (Å²) >= 11 is 0. The maximum absolute atomic E-state index is 12.1. The van der Waals surface area contributed by atoms with Crippen molar-refractivity contribution in [1.29, 1.82) is 0 Å². The van der Waals surface area contributed by atoms with Crippen molar-refractivity contribution in [2.75, 3.05) is 13.2 Å². The van der Waals surface area contributed by atoms with Crippen molar-refractivity contribution in [3.63, 3.8) is 0 Å². The number of amides is 1. The number of halogens is 3. The Morgan fingerprint density at radius 3 is 2.64 bits per heavy atom. The number of hydrogen-bond donors (Lipinski definition) is 1. The summed E-state index contributed by atoms with van der Waals surface area (Å²) in [5.41, 5.74) is 0.357. The molecule has 0 fully saturated rings. The largest absolute Gasteiger partial charge is 0.468 e. The van der Waals surface area contributed by atoms with E-state index >= 15 is 0 Å². The fraction of sp³-hybridized carbons (Fsp3) is 0.333. The van der Waals surface area contributed by atoms with Gasteiger partial charge >= 0.3 is 6.18 Å². The minimum Gasteiger partial charge on any atom is -0.468 e. The average Bonchev–Trinajstić information content (AvgIpc) is 2.55. The molecule has 0 aliphatic rings. The van der Waals surface area contributed by atoms with Gasteiger partial charge < -0.3 is 10.1 Å². The van der Waals surface area contributed by atoms with Crippen LogP contribution in [0.25, 0.3) is 11.3 Å². The minimum absolute atomic E-state index is 0.184. The van der Waals surface area contributed by atoms with E-state index in [1.54, 1.807) is 6.92 Å². The summed E-state index contributed by atoms with van der Waals surface area (Å²) in [6, 6.07) is 5.41. The van der Waals surface area contributed by atoms with Crippen LogP contribution in [0, 0.1) is 0 Å². The smallest absolute Gasteiger partial charge is 0.422 e. The van der Waals surface area contributed by atoms with E-state index < -0.39 is 18.3 Å². The molecule has 1 N–H and O–H groups in total. The molecule has 0 spiro atoms. The summed E-state index contributed by atoms with van der Waals surface area (Å²) in [5, 5.41) is 6.62. The summed E-state index contributed by atoms with van der Waals surface area (Å²) in [4.78, 5) is 27.1. The molecule has 0 aliphatic heterocycles. The molecule has 134 valence electrons. The molecule has 0 aliphatic carbocycles. The highest BCUT2D eigenvalue weighted by Crippen LogP contribution is 2.20. The molecule has 0 radical (unpaired) electrons. The van der Waals surface area contributed by atoms with Crippen LogP contribution in [0.15, 0.2) is 35.3 Å². The lowest BCUT2D eigenvalue weighted by Gasteiger charge is -2.09. The van der Waals surface area contributed by atoms with Crippen LogP contribution in [0.2, 0.25) is 0 Å². The summed E-state index contributed by atoms with van der Waals surface area (Å²) < 4.78 is 41.8. The van der Waals surface area contributed by atoms with Gasteiger partial charge in [-0.25, -0.2) is 9.67 Å². The van der Waals surface area contributed by atoms with Gasteiger partial charge in [0.05, 0.1) is 5.69 Å². The number of carbonyl (C=O) groups is 1. The van der Waals surface area contributed by atoms with Crippen molar-refractivity contribution in [2.45, 2.75) is 19.6 Å². The van der Waals surface area contributed by atoms with Gasteiger partial charge in [-0.1, -0.05) is 0 Å². The van der Waals surface area contributed by atoms with Crippen molar-refractivity contribution < 1.29 is 22.7 Å². The minimum atomic E-state index is -4.45. The topological polar surface area (TPSA) is 86.1 Å². The molecule has 10 heteroatoms. The second kappa shape index (κ2) is 7.77. The van der Waals surface area contributed by atoms with Crippen molar-refractivity contribution >= 4 is 5.91 Å². The first kappa shape index (κ1) is 18.4. The molecule has 2 heterocycles. The molecule has 0 atom stereocenters. The first-order chi connectivity index (χ1) is 11.8. The van der Waals surface area contributed by atoms with Gasteiger partial charge in [0.25, 0.3) is 5.56 Å².